The Hall–Kier alpha value is -3.39. The summed E-state index contributed by atoms with van der Waals surface area (Å²) in [7, 11) is 0. The number of carbonyl (C=O) groups is 3. The molecule has 0 radical (unpaired) electrons. The lowest BCUT2D eigenvalue weighted by atomic mass is 9.95. The van der Waals surface area contributed by atoms with E-state index in [9.17, 15) is 19.5 Å². The van der Waals surface area contributed by atoms with Crippen molar-refractivity contribution in [1.29, 1.82) is 0 Å². The number of aliphatic carboxylic acids is 1. The van der Waals surface area contributed by atoms with Gasteiger partial charge in [0.15, 0.2) is 0 Å². The molecule has 2 amide bonds. The monoisotopic (exact) mass is 480 g/mol. The number of carboxylic acid groups (broad SMARTS) is 1. The van der Waals surface area contributed by atoms with E-state index < -0.39 is 24.1 Å². The van der Waals surface area contributed by atoms with Crippen molar-refractivity contribution in [3.63, 3.8) is 0 Å². The molecule has 1 fully saturated rings. The van der Waals surface area contributed by atoms with E-state index in [1.54, 1.807) is 13.8 Å². The number of ether oxygens (including phenoxy) is 2. The number of rotatable bonds is 9. The van der Waals surface area contributed by atoms with Gasteiger partial charge in [0.2, 0.25) is 5.91 Å². The highest BCUT2D eigenvalue weighted by atomic mass is 16.5. The first-order valence-electron chi connectivity index (χ1n) is 12.1. The van der Waals surface area contributed by atoms with Gasteiger partial charge in [-0.2, -0.15) is 0 Å². The van der Waals surface area contributed by atoms with Crippen LogP contribution in [-0.2, 0) is 19.1 Å². The normalized spacial score (nSPS) is 19.6. The summed E-state index contributed by atoms with van der Waals surface area (Å²) < 4.78 is 11.2. The largest absolute Gasteiger partial charge is 0.481 e. The van der Waals surface area contributed by atoms with Gasteiger partial charge < -0.3 is 25.2 Å². The Morgan fingerprint density at radius 1 is 1.03 bits per heavy atom. The molecule has 8 heteroatoms. The zero-order valence-corrected chi connectivity index (χ0v) is 20.0. The molecule has 35 heavy (non-hydrogen) atoms. The van der Waals surface area contributed by atoms with Gasteiger partial charge in [-0.1, -0.05) is 62.4 Å². The summed E-state index contributed by atoms with van der Waals surface area (Å²) in [6, 6.07) is 16.3. The molecule has 0 spiro atoms. The lowest BCUT2D eigenvalue weighted by Gasteiger charge is -2.21. The van der Waals surface area contributed by atoms with Crippen LogP contribution in [0.4, 0.5) is 4.79 Å². The molecule has 1 aliphatic carbocycles. The van der Waals surface area contributed by atoms with E-state index in [2.05, 4.69) is 34.9 Å². The Labute approximate surface area is 205 Å². The summed E-state index contributed by atoms with van der Waals surface area (Å²) in [6.07, 6.45) is -0.650. The van der Waals surface area contributed by atoms with Gasteiger partial charge in [-0.15, -0.1) is 0 Å². The standard InChI is InChI=1S/C27H32N2O6/c1-16(2)22(26(31)32)14-28-25(30)24-17(11-12-34-24)13-29-27(33)35-15-23-20-9-5-3-7-18(20)19-8-4-6-10-21(19)23/h3-10,16-17,22-24H,11-15H2,1-2H3,(H,28,30)(H,29,33)(H,31,32)/t17-,22?,24-/m1/s1. The van der Waals surface area contributed by atoms with Crippen LogP contribution >= 0.6 is 0 Å². The Morgan fingerprint density at radius 2 is 1.66 bits per heavy atom. The number of fused-ring (bicyclic) bond motifs is 3. The van der Waals surface area contributed by atoms with Crippen molar-refractivity contribution in [2.24, 2.45) is 17.8 Å². The van der Waals surface area contributed by atoms with Gasteiger partial charge in [-0.05, 0) is 34.6 Å². The minimum absolute atomic E-state index is 0.0235. The van der Waals surface area contributed by atoms with Gasteiger partial charge >= 0.3 is 12.1 Å². The predicted molar refractivity (Wildman–Crippen MR) is 130 cm³/mol. The molecule has 4 rings (SSSR count). The third-order valence-electron chi connectivity index (χ3n) is 6.94. The second-order valence-corrected chi connectivity index (χ2v) is 9.48. The maximum absolute atomic E-state index is 12.6. The molecule has 0 bridgehead atoms. The SMILES string of the molecule is CC(C)C(CNC(=O)[C@@H]1OCC[C@@H]1CNC(=O)OCC1c2ccccc2-c2ccccc21)C(=O)O. The number of carboxylic acids is 1. The summed E-state index contributed by atoms with van der Waals surface area (Å²) >= 11 is 0. The van der Waals surface area contributed by atoms with Gasteiger partial charge in [0.1, 0.15) is 12.7 Å². The number of carbonyl (C=O) groups excluding carboxylic acids is 2. The number of hydrogen-bond acceptors (Lipinski definition) is 5. The van der Waals surface area contributed by atoms with Crippen molar-refractivity contribution in [3.05, 3.63) is 59.7 Å². The molecule has 0 aromatic heterocycles. The third-order valence-corrected chi connectivity index (χ3v) is 6.94. The van der Waals surface area contributed by atoms with Crippen LogP contribution in [0, 0.1) is 17.8 Å². The topological polar surface area (TPSA) is 114 Å². The first-order valence-corrected chi connectivity index (χ1v) is 12.1. The maximum Gasteiger partial charge on any atom is 0.407 e. The minimum atomic E-state index is -0.943. The second kappa shape index (κ2) is 10.9. The fourth-order valence-corrected chi connectivity index (χ4v) is 4.92. The smallest absolute Gasteiger partial charge is 0.407 e. The zero-order chi connectivity index (χ0) is 24.9. The second-order valence-electron chi connectivity index (χ2n) is 9.48. The lowest BCUT2D eigenvalue weighted by molar-refractivity contribution is -0.143. The van der Waals surface area contributed by atoms with Crippen molar-refractivity contribution in [1.82, 2.24) is 10.6 Å². The fraction of sp³-hybridized carbons (Fsp3) is 0.444. The van der Waals surface area contributed by atoms with E-state index >= 15 is 0 Å². The van der Waals surface area contributed by atoms with Gasteiger partial charge in [0, 0.05) is 31.5 Å². The Morgan fingerprint density at radius 3 is 2.26 bits per heavy atom. The van der Waals surface area contributed by atoms with E-state index in [4.69, 9.17) is 9.47 Å². The third kappa shape index (κ3) is 5.48. The van der Waals surface area contributed by atoms with Crippen molar-refractivity contribution >= 4 is 18.0 Å². The summed E-state index contributed by atoms with van der Waals surface area (Å²) in [5.41, 5.74) is 4.61. The van der Waals surface area contributed by atoms with Crippen LogP contribution < -0.4 is 10.6 Å². The van der Waals surface area contributed by atoms with Crippen LogP contribution in [0.15, 0.2) is 48.5 Å². The highest BCUT2D eigenvalue weighted by Crippen LogP contribution is 2.44. The van der Waals surface area contributed by atoms with E-state index in [-0.39, 0.29) is 43.4 Å². The maximum atomic E-state index is 12.6. The molecule has 1 saturated heterocycles. The fourth-order valence-electron chi connectivity index (χ4n) is 4.92. The summed E-state index contributed by atoms with van der Waals surface area (Å²) in [5.74, 6) is -2.31. The van der Waals surface area contributed by atoms with Crippen LogP contribution in [0.2, 0.25) is 0 Å². The molecule has 3 N–H and O–H groups in total. The number of amides is 2. The van der Waals surface area contributed by atoms with E-state index in [0.29, 0.717) is 13.0 Å². The van der Waals surface area contributed by atoms with Crippen LogP contribution in [0.25, 0.3) is 11.1 Å². The van der Waals surface area contributed by atoms with Crippen LogP contribution in [0.5, 0.6) is 0 Å². The Bertz CT molecular complexity index is 1040. The molecule has 2 aromatic carbocycles. The van der Waals surface area contributed by atoms with E-state index in [0.717, 1.165) is 22.3 Å². The molecule has 1 aliphatic heterocycles. The van der Waals surface area contributed by atoms with Crippen molar-refractivity contribution < 1.29 is 29.0 Å². The lowest BCUT2D eigenvalue weighted by Crippen LogP contribution is -2.45. The number of alkyl carbamates (subject to hydrolysis) is 1. The number of benzene rings is 2. The molecule has 3 atom stereocenters. The highest BCUT2D eigenvalue weighted by Gasteiger charge is 2.35. The molecular weight excluding hydrogens is 448 g/mol. The molecule has 2 aromatic rings. The molecule has 8 nitrogen and oxygen atoms in total. The Balaban J connectivity index is 1.28. The molecule has 2 aliphatic rings. The highest BCUT2D eigenvalue weighted by molar-refractivity contribution is 5.82. The summed E-state index contributed by atoms with van der Waals surface area (Å²) in [5, 5.41) is 14.8. The number of hydrogen-bond donors (Lipinski definition) is 3. The average molecular weight is 481 g/mol. The summed E-state index contributed by atoms with van der Waals surface area (Å²) in [4.78, 5) is 36.5. The zero-order valence-electron chi connectivity index (χ0n) is 20.0. The van der Waals surface area contributed by atoms with Gasteiger partial charge in [0.05, 0.1) is 5.92 Å². The minimum Gasteiger partial charge on any atom is -0.481 e. The van der Waals surface area contributed by atoms with Crippen molar-refractivity contribution in [2.45, 2.75) is 32.3 Å². The van der Waals surface area contributed by atoms with Crippen molar-refractivity contribution in [3.8, 4) is 11.1 Å². The number of nitrogens with one attached hydrogen (secondary N) is 2. The molecule has 1 heterocycles. The molecule has 186 valence electrons. The van der Waals surface area contributed by atoms with Gasteiger partial charge in [0.25, 0.3) is 0 Å². The molecule has 1 unspecified atom stereocenters. The van der Waals surface area contributed by atoms with E-state index in [1.165, 1.54) is 0 Å². The first kappa shape index (κ1) is 24.7. The Kier molecular flexibility index (Phi) is 7.70. The van der Waals surface area contributed by atoms with Gasteiger partial charge in [-0.25, -0.2) is 4.79 Å². The van der Waals surface area contributed by atoms with Crippen molar-refractivity contribution in [2.75, 3.05) is 26.3 Å². The molecular formula is C27H32N2O6. The average Bonchev–Trinajstić information content (AvgIpc) is 3.44. The van der Waals surface area contributed by atoms with Crippen LogP contribution in [-0.4, -0.2) is 55.5 Å². The van der Waals surface area contributed by atoms with E-state index in [1.807, 2.05) is 24.3 Å². The first-order chi connectivity index (χ1) is 16.9. The summed E-state index contributed by atoms with van der Waals surface area (Å²) in [6.45, 7) is 4.51. The molecule has 0 saturated carbocycles. The van der Waals surface area contributed by atoms with Crippen LogP contribution in [0.1, 0.15) is 37.3 Å². The van der Waals surface area contributed by atoms with Crippen LogP contribution in [0.3, 0.4) is 0 Å². The van der Waals surface area contributed by atoms with Gasteiger partial charge in [-0.3, -0.25) is 9.59 Å². The quantitative estimate of drug-likeness (QED) is 0.507. The predicted octanol–water partition coefficient (Wildman–Crippen LogP) is 3.40.